The lowest BCUT2D eigenvalue weighted by atomic mass is 9.79. The number of rotatable bonds is 4. The van der Waals surface area contributed by atoms with E-state index in [2.05, 4.69) is 113 Å². The highest BCUT2D eigenvalue weighted by molar-refractivity contribution is 5.86. The Labute approximate surface area is 236 Å². The number of aromatic hydroxyl groups is 2. The van der Waals surface area contributed by atoms with E-state index in [-0.39, 0.29) is 33.7 Å². The summed E-state index contributed by atoms with van der Waals surface area (Å²) in [6, 6.07) is 8.23. The molecule has 0 radical (unpaired) electrons. The Hall–Kier alpha value is -2.66. The number of aliphatic imine (C=N–C) groups is 2. The van der Waals surface area contributed by atoms with Gasteiger partial charge in [-0.2, -0.15) is 0 Å². The van der Waals surface area contributed by atoms with Crippen LogP contribution >= 0.6 is 0 Å². The Morgan fingerprint density at radius 3 is 1.21 bits per heavy atom. The predicted octanol–water partition coefficient (Wildman–Crippen LogP) is 7.17. The Morgan fingerprint density at radius 2 is 0.923 bits per heavy atom. The molecule has 1 saturated heterocycles. The second-order valence-electron chi connectivity index (χ2n) is 15.3. The number of benzene rings is 2. The Bertz CT molecular complexity index is 1150. The average molecular weight is 534 g/mol. The normalized spacial score (nSPS) is 19.5. The summed E-state index contributed by atoms with van der Waals surface area (Å²) < 4.78 is 0. The Balaban J connectivity index is 1.96. The lowest BCUT2D eigenvalue weighted by molar-refractivity contribution is 0.443. The van der Waals surface area contributed by atoms with Crippen LogP contribution in [0.4, 0.5) is 0 Å². The van der Waals surface area contributed by atoms with E-state index in [1.807, 2.05) is 12.4 Å². The van der Waals surface area contributed by atoms with Gasteiger partial charge in [-0.05, 0) is 44.9 Å². The minimum absolute atomic E-state index is 0.0481. The van der Waals surface area contributed by atoms with Crippen LogP contribution in [0.1, 0.15) is 116 Å². The maximum absolute atomic E-state index is 11.2. The monoisotopic (exact) mass is 533 g/mol. The summed E-state index contributed by atoms with van der Waals surface area (Å²) in [5.74, 6) is 0.591. The van der Waals surface area contributed by atoms with Crippen molar-refractivity contribution in [3.63, 3.8) is 0 Å². The molecule has 5 nitrogen and oxygen atoms in total. The molecule has 39 heavy (non-hydrogen) atoms. The van der Waals surface area contributed by atoms with Crippen molar-refractivity contribution >= 4 is 12.4 Å². The van der Waals surface area contributed by atoms with Gasteiger partial charge in [0.25, 0.3) is 0 Å². The van der Waals surface area contributed by atoms with E-state index in [4.69, 9.17) is 9.98 Å². The lowest BCUT2D eigenvalue weighted by Gasteiger charge is -2.27. The van der Waals surface area contributed by atoms with Gasteiger partial charge in [-0.1, -0.05) is 95.2 Å². The largest absolute Gasteiger partial charge is 0.507 e. The highest BCUT2D eigenvalue weighted by Crippen LogP contribution is 2.38. The molecule has 5 heteroatoms. The molecule has 0 amide bonds. The van der Waals surface area contributed by atoms with E-state index >= 15 is 0 Å². The zero-order valence-electron chi connectivity index (χ0n) is 26.3. The van der Waals surface area contributed by atoms with Gasteiger partial charge in [0.1, 0.15) is 11.5 Å². The van der Waals surface area contributed by atoms with E-state index in [9.17, 15) is 10.2 Å². The van der Waals surface area contributed by atoms with Gasteiger partial charge in [-0.3, -0.25) is 9.98 Å². The van der Waals surface area contributed by atoms with E-state index in [1.165, 1.54) is 11.1 Å². The molecule has 0 bridgehead atoms. The molecule has 0 unspecified atom stereocenters. The first-order valence-electron chi connectivity index (χ1n) is 14.2. The van der Waals surface area contributed by atoms with Crippen LogP contribution in [-0.2, 0) is 21.7 Å². The minimum Gasteiger partial charge on any atom is -0.507 e. The number of nitrogens with zero attached hydrogens (tertiary/aromatic N) is 2. The van der Waals surface area contributed by atoms with Crippen LogP contribution < -0.4 is 5.32 Å². The number of hydrogen-bond donors (Lipinski definition) is 3. The second-order valence-corrected chi connectivity index (χ2v) is 15.3. The fourth-order valence-corrected chi connectivity index (χ4v) is 4.83. The SMILES string of the molecule is CC(C)(C)c1cc(/C=N/[C@H]2CNC[C@@H]2/N=C/c2cc(C(C)(C)C)cc(C(C)(C)C)c2O)c(O)c(C(C)(C)C)c1. The van der Waals surface area contributed by atoms with Crippen molar-refractivity contribution in [3.05, 3.63) is 57.6 Å². The molecule has 2 aromatic carbocycles. The third kappa shape index (κ3) is 7.30. The van der Waals surface area contributed by atoms with E-state index < -0.39 is 0 Å². The topological polar surface area (TPSA) is 77.2 Å². The van der Waals surface area contributed by atoms with Crippen molar-refractivity contribution in [1.29, 1.82) is 0 Å². The molecular weight excluding hydrogens is 482 g/mol. The van der Waals surface area contributed by atoms with Gasteiger partial charge < -0.3 is 15.5 Å². The fourth-order valence-electron chi connectivity index (χ4n) is 4.83. The van der Waals surface area contributed by atoms with Crippen LogP contribution in [0.25, 0.3) is 0 Å². The molecule has 3 rings (SSSR count). The number of hydrogen-bond acceptors (Lipinski definition) is 5. The van der Waals surface area contributed by atoms with Crippen LogP contribution in [0.2, 0.25) is 0 Å². The lowest BCUT2D eigenvalue weighted by Crippen LogP contribution is -2.21. The van der Waals surface area contributed by atoms with Gasteiger partial charge in [0, 0.05) is 47.8 Å². The summed E-state index contributed by atoms with van der Waals surface area (Å²) in [6.07, 6.45) is 3.63. The van der Waals surface area contributed by atoms with Gasteiger partial charge in [0.05, 0.1) is 12.1 Å². The van der Waals surface area contributed by atoms with Crippen molar-refractivity contribution in [2.24, 2.45) is 9.98 Å². The highest BCUT2D eigenvalue weighted by Gasteiger charge is 2.28. The smallest absolute Gasteiger partial charge is 0.128 e. The van der Waals surface area contributed by atoms with Crippen molar-refractivity contribution in [3.8, 4) is 11.5 Å². The average Bonchev–Trinajstić information content (AvgIpc) is 3.21. The van der Waals surface area contributed by atoms with Crippen molar-refractivity contribution in [2.75, 3.05) is 13.1 Å². The molecule has 1 heterocycles. The zero-order valence-corrected chi connectivity index (χ0v) is 26.3. The van der Waals surface area contributed by atoms with Gasteiger partial charge >= 0.3 is 0 Å². The zero-order chi connectivity index (χ0) is 29.6. The number of nitrogens with one attached hydrogen (secondary N) is 1. The first-order valence-corrected chi connectivity index (χ1v) is 14.2. The Kier molecular flexibility index (Phi) is 8.49. The maximum Gasteiger partial charge on any atom is 0.128 e. The number of phenolic OH excluding ortho intramolecular Hbond substituents is 2. The van der Waals surface area contributed by atoms with Gasteiger partial charge in [0.2, 0.25) is 0 Å². The van der Waals surface area contributed by atoms with Gasteiger partial charge in [-0.15, -0.1) is 0 Å². The van der Waals surface area contributed by atoms with E-state index in [1.54, 1.807) is 0 Å². The molecule has 1 fully saturated rings. The van der Waals surface area contributed by atoms with Crippen molar-refractivity contribution in [2.45, 2.75) is 117 Å². The summed E-state index contributed by atoms with van der Waals surface area (Å²) >= 11 is 0. The maximum atomic E-state index is 11.2. The second kappa shape index (κ2) is 10.7. The quantitative estimate of drug-likeness (QED) is 0.365. The van der Waals surface area contributed by atoms with Crippen molar-refractivity contribution < 1.29 is 10.2 Å². The van der Waals surface area contributed by atoms with Crippen LogP contribution in [0.3, 0.4) is 0 Å². The van der Waals surface area contributed by atoms with E-state index in [0.29, 0.717) is 24.6 Å². The summed E-state index contributed by atoms with van der Waals surface area (Å²) in [4.78, 5) is 9.81. The van der Waals surface area contributed by atoms with Crippen molar-refractivity contribution in [1.82, 2.24) is 5.32 Å². The molecule has 0 saturated carbocycles. The minimum atomic E-state index is -0.189. The summed E-state index contributed by atoms with van der Waals surface area (Å²) in [5, 5.41) is 25.7. The molecule has 1 aliphatic heterocycles. The third-order valence-corrected chi connectivity index (χ3v) is 7.59. The number of phenols is 2. The summed E-state index contributed by atoms with van der Waals surface area (Å²) in [6.45, 7) is 27.3. The summed E-state index contributed by atoms with van der Waals surface area (Å²) in [5.41, 5.74) is 5.22. The molecule has 0 aromatic heterocycles. The fraction of sp³-hybridized carbons (Fsp3) is 0.588. The molecule has 0 aliphatic carbocycles. The molecule has 2 atom stereocenters. The van der Waals surface area contributed by atoms with Crippen LogP contribution in [-0.4, -0.2) is 47.8 Å². The Morgan fingerprint density at radius 1 is 0.590 bits per heavy atom. The van der Waals surface area contributed by atoms with Gasteiger partial charge in [0.15, 0.2) is 0 Å². The van der Waals surface area contributed by atoms with Crippen LogP contribution in [0.5, 0.6) is 11.5 Å². The molecular formula is C34H51N3O2. The van der Waals surface area contributed by atoms with E-state index in [0.717, 1.165) is 22.3 Å². The molecule has 2 aromatic rings. The predicted molar refractivity (Wildman–Crippen MR) is 167 cm³/mol. The third-order valence-electron chi connectivity index (χ3n) is 7.59. The van der Waals surface area contributed by atoms with Gasteiger partial charge in [-0.25, -0.2) is 0 Å². The summed E-state index contributed by atoms with van der Waals surface area (Å²) in [7, 11) is 0. The molecule has 0 spiro atoms. The molecule has 3 N–H and O–H groups in total. The highest BCUT2D eigenvalue weighted by atomic mass is 16.3. The first-order chi connectivity index (χ1) is 17.7. The standard InChI is InChI=1S/C34H51N3O2/c1-31(2,3)23-13-21(29(38)25(15-23)33(7,8)9)17-36-27-19-35-20-28(27)37-18-22-14-24(32(4,5)6)16-26(30(22)39)34(10,11)12/h13-18,27-28,35,38-39H,19-20H2,1-12H3/b36-17+,37-18+/t27-,28-/m0/s1. The van der Waals surface area contributed by atoms with Crippen LogP contribution in [0, 0.1) is 0 Å². The van der Waals surface area contributed by atoms with Crippen LogP contribution in [0.15, 0.2) is 34.3 Å². The molecule has 1 aliphatic rings. The first kappa shape index (κ1) is 30.9. The molecule has 214 valence electrons.